The van der Waals surface area contributed by atoms with Gasteiger partial charge in [0, 0.05) is 60.0 Å². The van der Waals surface area contributed by atoms with Crippen molar-refractivity contribution in [1.82, 2.24) is 19.1 Å². The van der Waals surface area contributed by atoms with Crippen molar-refractivity contribution in [2.45, 2.75) is 94.5 Å². The molecule has 10 heteroatoms. The van der Waals surface area contributed by atoms with Crippen molar-refractivity contribution in [2.24, 2.45) is 0 Å². The lowest BCUT2D eigenvalue weighted by Gasteiger charge is -2.14. The van der Waals surface area contributed by atoms with Gasteiger partial charge in [0.1, 0.15) is 23.3 Å². The molecule has 0 radical (unpaired) electrons. The molecular weight excluding hydrogens is 634 g/mol. The summed E-state index contributed by atoms with van der Waals surface area (Å²) < 4.78 is 31.0. The Morgan fingerprint density at radius 3 is 1.28 bits per heavy atom. The highest BCUT2D eigenvalue weighted by Crippen LogP contribution is 2.31. The summed E-state index contributed by atoms with van der Waals surface area (Å²) in [6.07, 6.45) is 8.09. The molecule has 0 unspecified atom stereocenters. The summed E-state index contributed by atoms with van der Waals surface area (Å²) in [5, 5.41) is 28.4. The van der Waals surface area contributed by atoms with Gasteiger partial charge in [0.2, 0.25) is 0 Å². The number of aliphatic hydroxyl groups excluding tert-OH is 2. The molecule has 50 heavy (non-hydrogen) atoms. The van der Waals surface area contributed by atoms with Crippen molar-refractivity contribution >= 4 is 44.8 Å². The second-order valence-corrected chi connectivity index (χ2v) is 12.3. The van der Waals surface area contributed by atoms with Crippen molar-refractivity contribution in [3.8, 4) is 0 Å². The van der Waals surface area contributed by atoms with E-state index >= 15 is 0 Å². The van der Waals surface area contributed by atoms with Crippen LogP contribution in [0.15, 0.2) is 73.3 Å². The molecule has 6 aromatic rings. The van der Waals surface area contributed by atoms with Crippen molar-refractivity contribution in [3.63, 3.8) is 0 Å². The summed E-state index contributed by atoms with van der Waals surface area (Å²) in [6.45, 7) is 12.5. The van der Waals surface area contributed by atoms with Crippen molar-refractivity contribution in [3.05, 3.63) is 107 Å². The number of hydrogen-bond donors (Lipinski definition) is 4. The minimum atomic E-state index is -0.369. The molecule has 4 aromatic heterocycles. The van der Waals surface area contributed by atoms with Crippen LogP contribution in [-0.2, 0) is 13.1 Å². The number of rotatable bonds is 10. The molecule has 8 nitrogen and oxygen atoms in total. The summed E-state index contributed by atoms with van der Waals surface area (Å²) in [5.41, 5.74) is 7.13. The summed E-state index contributed by atoms with van der Waals surface area (Å²) in [5.74, 6) is 0.993. The summed E-state index contributed by atoms with van der Waals surface area (Å²) >= 11 is 0. The number of pyridine rings is 2. The van der Waals surface area contributed by atoms with E-state index in [-0.39, 0.29) is 38.7 Å². The Hall–Kier alpha value is -4.80. The average molecular weight is 687 g/mol. The van der Waals surface area contributed by atoms with Gasteiger partial charge in [0.05, 0.1) is 23.2 Å². The molecule has 0 aliphatic heterocycles. The van der Waals surface area contributed by atoms with Gasteiger partial charge in [-0.25, -0.2) is 18.7 Å². The van der Waals surface area contributed by atoms with Crippen molar-refractivity contribution in [1.29, 1.82) is 0 Å². The fraction of sp³-hybridized carbons (Fsp3) is 0.350. The van der Waals surface area contributed by atoms with Crippen LogP contribution in [0, 0.1) is 39.3 Å². The zero-order valence-corrected chi connectivity index (χ0v) is 28.4. The van der Waals surface area contributed by atoms with Gasteiger partial charge in [-0.05, 0) is 111 Å². The number of halogens is 2. The number of nitrogens with one attached hydrogen (secondary N) is 2. The molecule has 0 aliphatic carbocycles. The monoisotopic (exact) mass is 686 g/mol. The lowest BCUT2D eigenvalue weighted by Crippen LogP contribution is -2.13. The third-order valence-electron chi connectivity index (χ3n) is 8.63. The van der Waals surface area contributed by atoms with Gasteiger partial charge in [-0.1, -0.05) is 28.7 Å². The van der Waals surface area contributed by atoms with E-state index in [4.69, 9.17) is 0 Å². The Morgan fingerprint density at radius 2 is 0.960 bits per heavy atom. The van der Waals surface area contributed by atoms with Crippen LogP contribution in [-0.4, -0.2) is 41.5 Å². The second kappa shape index (κ2) is 17.2. The molecule has 0 saturated heterocycles. The van der Waals surface area contributed by atoms with Crippen molar-refractivity contribution in [2.75, 3.05) is 10.6 Å². The summed E-state index contributed by atoms with van der Waals surface area (Å²) in [6, 6.07) is 13.9. The number of benzene rings is 2. The van der Waals surface area contributed by atoms with Gasteiger partial charge in [0.25, 0.3) is 0 Å². The largest absolute Gasteiger partial charge is 0.391 e. The normalized spacial score (nSPS) is 12.0. The van der Waals surface area contributed by atoms with Crippen LogP contribution in [0.1, 0.15) is 63.8 Å². The highest BCUT2D eigenvalue weighted by molar-refractivity contribution is 5.93. The number of fused-ring (bicyclic) bond motifs is 2. The number of aryl methyl sites for hydroxylation is 4. The highest BCUT2D eigenvalue weighted by atomic mass is 19.1. The zero-order chi connectivity index (χ0) is 34.5. The van der Waals surface area contributed by atoms with E-state index < -0.39 is 0 Å². The van der Waals surface area contributed by atoms with E-state index in [1.165, 1.54) is 24.3 Å². The molecule has 0 amide bonds. The average Bonchev–Trinajstić information content (AvgIpc) is 3.65. The highest BCUT2D eigenvalue weighted by Gasteiger charge is 2.14. The van der Waals surface area contributed by atoms with Gasteiger partial charge in [-0.2, -0.15) is 0 Å². The van der Waals surface area contributed by atoms with E-state index in [2.05, 4.69) is 20.6 Å². The van der Waals surface area contributed by atoms with E-state index in [9.17, 15) is 19.0 Å². The Balaban J connectivity index is 0.000000260. The molecule has 4 heterocycles. The summed E-state index contributed by atoms with van der Waals surface area (Å²) in [4.78, 5) is 8.88. The molecule has 2 aromatic carbocycles. The van der Waals surface area contributed by atoms with Gasteiger partial charge in [-0.15, -0.1) is 0 Å². The first-order chi connectivity index (χ1) is 23.0. The maximum absolute atomic E-state index is 13.5. The molecule has 268 valence electrons. The molecule has 0 bridgehead atoms. The van der Waals surface area contributed by atoms with Gasteiger partial charge >= 0.3 is 0 Å². The Kier molecular flexibility index (Phi) is 13.7. The summed E-state index contributed by atoms with van der Waals surface area (Å²) in [7, 11) is 0. The first kappa shape index (κ1) is 39.6. The smallest absolute Gasteiger partial charge is 0.139 e. The number of aliphatic hydroxyl groups is 2. The van der Waals surface area contributed by atoms with Crippen LogP contribution in [0.2, 0.25) is 0 Å². The van der Waals surface area contributed by atoms with E-state index in [0.717, 1.165) is 67.1 Å². The topological polar surface area (TPSA) is 100 Å². The number of aromatic nitrogens is 4. The maximum Gasteiger partial charge on any atom is 0.139 e. The first-order valence-electron chi connectivity index (χ1n) is 16.3. The van der Waals surface area contributed by atoms with Crippen molar-refractivity contribution < 1.29 is 19.0 Å². The van der Waals surface area contributed by atoms with Crippen LogP contribution >= 0.6 is 0 Å². The molecule has 0 fully saturated rings. The molecule has 0 spiro atoms. The third-order valence-corrected chi connectivity index (χ3v) is 8.63. The minimum absolute atomic E-state index is 0. The standard InChI is InChI=1S/2C19H22FN3O.2CH4/c2*1-4-15(24)11-23-8-6-16-17(23)5-7-21-19(16)22-18-12(2)9-14(20)10-13(18)3;;/h2*5-10,15,24H,4,11H2,1-3H3,(H,21,22);2*1H4/t2*15-;;/m10../s1. The van der Waals surface area contributed by atoms with Gasteiger partial charge in [0.15, 0.2) is 0 Å². The lowest BCUT2D eigenvalue weighted by molar-refractivity contribution is 0.151. The number of nitrogens with zero attached hydrogens (tertiary/aromatic N) is 4. The molecular formula is C40H52F2N6O2. The maximum atomic E-state index is 13.5. The van der Waals surface area contributed by atoms with Crippen LogP contribution in [0.5, 0.6) is 0 Å². The van der Waals surface area contributed by atoms with Gasteiger partial charge in [-0.3, -0.25) is 0 Å². The SMILES string of the molecule is C.C.CC[C@@H](O)Cn1ccc2c(Nc3c(C)cc(F)cc3C)nccc21.CC[C@H](O)Cn1ccc2c(Nc3c(C)cc(F)cc3C)nccc21. The zero-order valence-electron chi connectivity index (χ0n) is 28.4. The minimum Gasteiger partial charge on any atom is -0.391 e. The Labute approximate surface area is 294 Å². The predicted molar refractivity (Wildman–Crippen MR) is 204 cm³/mol. The molecule has 4 N–H and O–H groups in total. The second-order valence-electron chi connectivity index (χ2n) is 12.3. The predicted octanol–water partition coefficient (Wildman–Crippen LogP) is 9.89. The quantitative estimate of drug-likeness (QED) is 0.115. The van der Waals surface area contributed by atoms with Crippen LogP contribution in [0.3, 0.4) is 0 Å². The fourth-order valence-electron chi connectivity index (χ4n) is 5.93. The Bertz CT molecular complexity index is 1840. The van der Waals surface area contributed by atoms with E-state index in [0.29, 0.717) is 25.9 Å². The van der Waals surface area contributed by atoms with Crippen LogP contribution < -0.4 is 10.6 Å². The van der Waals surface area contributed by atoms with E-state index in [1.54, 1.807) is 12.4 Å². The van der Waals surface area contributed by atoms with Crippen LogP contribution in [0.25, 0.3) is 21.8 Å². The molecule has 0 saturated carbocycles. The van der Waals surface area contributed by atoms with E-state index in [1.807, 2.05) is 87.3 Å². The molecule has 2 atom stereocenters. The van der Waals surface area contributed by atoms with Gasteiger partial charge < -0.3 is 30.0 Å². The Morgan fingerprint density at radius 1 is 0.620 bits per heavy atom. The number of hydrogen-bond acceptors (Lipinski definition) is 6. The fourth-order valence-corrected chi connectivity index (χ4v) is 5.93. The number of anilines is 4. The third kappa shape index (κ3) is 8.86. The van der Waals surface area contributed by atoms with Crippen LogP contribution in [0.4, 0.5) is 31.8 Å². The molecule has 0 aliphatic rings. The lowest BCUT2D eigenvalue weighted by atomic mass is 10.1. The first-order valence-corrected chi connectivity index (χ1v) is 16.3. The molecule has 6 rings (SSSR count).